The maximum Gasteiger partial charge on any atom is 0.224 e. The van der Waals surface area contributed by atoms with E-state index in [-0.39, 0.29) is 18.4 Å². The van der Waals surface area contributed by atoms with E-state index in [1.165, 1.54) is 0 Å². The fraction of sp³-hybridized carbons (Fsp3) is 0.909. The van der Waals surface area contributed by atoms with Gasteiger partial charge in [-0.05, 0) is 13.0 Å². The summed E-state index contributed by atoms with van der Waals surface area (Å²) in [5.41, 5.74) is 0. The van der Waals surface area contributed by atoms with Crippen LogP contribution in [0.3, 0.4) is 0 Å². The van der Waals surface area contributed by atoms with Gasteiger partial charge in [0.1, 0.15) is 18.3 Å². The highest BCUT2D eigenvalue weighted by Crippen LogP contribution is 2.08. The van der Waals surface area contributed by atoms with Crippen molar-refractivity contribution >= 4 is 5.91 Å². The molecule has 0 aromatic carbocycles. The fourth-order valence-electron chi connectivity index (χ4n) is 1.91. The molecule has 5 atom stereocenters. The summed E-state index contributed by atoms with van der Waals surface area (Å²) in [6, 6.07) is 0. The molecule has 0 bridgehead atoms. The molecule has 1 aliphatic heterocycles. The Kier molecular flexibility index (Phi) is 6.63. The first-order valence-electron chi connectivity index (χ1n) is 6.29. The van der Waals surface area contributed by atoms with E-state index in [1.54, 1.807) is 0 Å². The predicted molar refractivity (Wildman–Crippen MR) is 65.1 cm³/mol. The van der Waals surface area contributed by atoms with Crippen LogP contribution in [0, 0.1) is 5.92 Å². The molecule has 8 heteroatoms. The summed E-state index contributed by atoms with van der Waals surface area (Å²) in [6.45, 7) is 0.387. The van der Waals surface area contributed by atoms with Gasteiger partial charge in [0, 0.05) is 13.1 Å². The van der Waals surface area contributed by atoms with Crippen molar-refractivity contribution in [1.82, 2.24) is 10.6 Å². The van der Waals surface area contributed by atoms with Gasteiger partial charge in [0.2, 0.25) is 5.91 Å². The molecule has 8 nitrogen and oxygen atoms in total. The van der Waals surface area contributed by atoms with E-state index in [9.17, 15) is 20.1 Å². The normalized spacial score (nSPS) is 25.6. The van der Waals surface area contributed by atoms with Crippen molar-refractivity contribution in [1.29, 1.82) is 0 Å². The first-order chi connectivity index (χ1) is 8.97. The highest BCUT2D eigenvalue weighted by atomic mass is 16.4. The number of hydrogen-bond donors (Lipinski definition) is 7. The van der Waals surface area contributed by atoms with Crippen LogP contribution in [0.15, 0.2) is 0 Å². The van der Waals surface area contributed by atoms with E-state index in [0.29, 0.717) is 6.54 Å². The van der Waals surface area contributed by atoms with Gasteiger partial charge in [0.05, 0.1) is 18.6 Å². The number of nitrogens with one attached hydrogen (secondary N) is 2. The summed E-state index contributed by atoms with van der Waals surface area (Å²) in [6.07, 6.45) is -5.57. The van der Waals surface area contributed by atoms with Gasteiger partial charge < -0.3 is 36.2 Å². The predicted octanol–water partition coefficient (Wildman–Crippen LogP) is -3.85. The molecular weight excluding hydrogens is 256 g/mol. The molecule has 0 aromatic rings. The zero-order valence-electron chi connectivity index (χ0n) is 10.6. The van der Waals surface area contributed by atoms with E-state index in [2.05, 4.69) is 10.6 Å². The third-order valence-electron chi connectivity index (χ3n) is 3.24. The number of amides is 1. The Morgan fingerprint density at radius 2 is 1.84 bits per heavy atom. The number of hydrogen-bond acceptors (Lipinski definition) is 7. The van der Waals surface area contributed by atoms with Crippen molar-refractivity contribution in [2.24, 2.45) is 5.92 Å². The number of carbonyl (C=O) groups excluding carboxylic acids is 1. The van der Waals surface area contributed by atoms with Crippen LogP contribution >= 0.6 is 0 Å². The molecule has 1 heterocycles. The minimum atomic E-state index is -1.68. The van der Waals surface area contributed by atoms with Gasteiger partial charge in [-0.3, -0.25) is 4.79 Å². The van der Waals surface area contributed by atoms with Crippen LogP contribution in [0.1, 0.15) is 6.42 Å². The lowest BCUT2D eigenvalue weighted by Gasteiger charge is -2.26. The smallest absolute Gasteiger partial charge is 0.224 e. The molecule has 0 aromatic heterocycles. The van der Waals surface area contributed by atoms with Gasteiger partial charge in [-0.1, -0.05) is 0 Å². The monoisotopic (exact) mass is 278 g/mol. The van der Waals surface area contributed by atoms with Gasteiger partial charge in [-0.15, -0.1) is 0 Å². The van der Waals surface area contributed by atoms with Crippen LogP contribution in [0.4, 0.5) is 0 Å². The minimum Gasteiger partial charge on any atom is -0.394 e. The van der Waals surface area contributed by atoms with E-state index >= 15 is 0 Å². The molecule has 0 aliphatic carbocycles. The van der Waals surface area contributed by atoms with Crippen molar-refractivity contribution in [3.63, 3.8) is 0 Å². The maximum atomic E-state index is 11.6. The molecule has 1 saturated heterocycles. The molecule has 112 valence electrons. The van der Waals surface area contributed by atoms with Crippen LogP contribution in [0.2, 0.25) is 0 Å². The summed E-state index contributed by atoms with van der Waals surface area (Å²) in [5.74, 6) is -0.384. The quantitative estimate of drug-likeness (QED) is 0.253. The molecule has 0 radical (unpaired) electrons. The third kappa shape index (κ3) is 4.68. The molecule has 7 N–H and O–H groups in total. The molecule has 1 fully saturated rings. The average Bonchev–Trinajstić information content (AvgIpc) is 2.95. The third-order valence-corrected chi connectivity index (χ3v) is 3.24. The Morgan fingerprint density at radius 3 is 2.37 bits per heavy atom. The van der Waals surface area contributed by atoms with Crippen LogP contribution < -0.4 is 10.6 Å². The molecule has 0 saturated carbocycles. The first kappa shape index (κ1) is 16.3. The summed E-state index contributed by atoms with van der Waals surface area (Å²) in [5, 5.41) is 51.8. The second-order valence-electron chi connectivity index (χ2n) is 4.73. The topological polar surface area (TPSA) is 142 Å². The van der Waals surface area contributed by atoms with Crippen molar-refractivity contribution in [3.8, 4) is 0 Å². The molecule has 19 heavy (non-hydrogen) atoms. The van der Waals surface area contributed by atoms with Crippen molar-refractivity contribution < 1.29 is 30.3 Å². The number of rotatable bonds is 7. The lowest BCUT2D eigenvalue weighted by molar-refractivity contribution is -0.128. The van der Waals surface area contributed by atoms with Crippen LogP contribution in [-0.2, 0) is 4.79 Å². The van der Waals surface area contributed by atoms with Gasteiger partial charge in [0.15, 0.2) is 0 Å². The first-order valence-corrected chi connectivity index (χ1v) is 6.29. The highest BCUT2D eigenvalue weighted by molar-refractivity contribution is 5.79. The van der Waals surface area contributed by atoms with Gasteiger partial charge in [-0.25, -0.2) is 0 Å². The van der Waals surface area contributed by atoms with E-state index in [4.69, 9.17) is 10.2 Å². The Hall–Kier alpha value is -0.770. The Labute approximate surface area is 111 Å². The molecule has 0 spiro atoms. The average molecular weight is 278 g/mol. The summed E-state index contributed by atoms with van der Waals surface area (Å²) in [4.78, 5) is 11.6. The second-order valence-corrected chi connectivity index (χ2v) is 4.73. The lowest BCUT2D eigenvalue weighted by Crippen LogP contribution is -2.50. The Bertz CT molecular complexity index is 284. The SMILES string of the molecule is O=C(NC[C@H](O)[C@@H](O)[C@H](O)[C@H](O)CO)C1CCNC1. The molecule has 1 unspecified atom stereocenters. The van der Waals surface area contributed by atoms with Crippen molar-refractivity contribution in [3.05, 3.63) is 0 Å². The van der Waals surface area contributed by atoms with Crippen LogP contribution in [-0.4, -0.2) is 82.1 Å². The number of aliphatic hydroxyl groups excluding tert-OH is 5. The highest BCUT2D eigenvalue weighted by Gasteiger charge is 2.31. The fourth-order valence-corrected chi connectivity index (χ4v) is 1.91. The number of carbonyl (C=O) groups is 1. The summed E-state index contributed by atoms with van der Waals surface area (Å²) >= 11 is 0. The standard InChI is InChI=1S/C11H22N2O6/c14-5-8(16)10(18)9(17)7(15)4-13-11(19)6-1-2-12-3-6/h6-10,12,14-18H,1-5H2,(H,13,19)/t6?,7-,8+,9+,10+/m0/s1. The van der Waals surface area contributed by atoms with Gasteiger partial charge in [-0.2, -0.15) is 0 Å². The molecule has 1 amide bonds. The second kappa shape index (κ2) is 7.73. The van der Waals surface area contributed by atoms with Gasteiger partial charge >= 0.3 is 0 Å². The van der Waals surface area contributed by atoms with Crippen molar-refractivity contribution in [2.45, 2.75) is 30.8 Å². The Morgan fingerprint density at radius 1 is 1.21 bits per heavy atom. The Balaban J connectivity index is 2.33. The maximum absolute atomic E-state index is 11.6. The molecule has 1 aliphatic rings. The van der Waals surface area contributed by atoms with Crippen LogP contribution in [0.5, 0.6) is 0 Å². The van der Waals surface area contributed by atoms with E-state index in [1.807, 2.05) is 0 Å². The molecule has 1 rings (SSSR count). The van der Waals surface area contributed by atoms with Crippen molar-refractivity contribution in [2.75, 3.05) is 26.2 Å². The molecular formula is C11H22N2O6. The zero-order valence-corrected chi connectivity index (χ0v) is 10.6. The van der Waals surface area contributed by atoms with Crippen LogP contribution in [0.25, 0.3) is 0 Å². The van der Waals surface area contributed by atoms with E-state index in [0.717, 1.165) is 13.0 Å². The van der Waals surface area contributed by atoms with E-state index < -0.39 is 31.0 Å². The summed E-state index contributed by atoms with van der Waals surface area (Å²) < 4.78 is 0. The van der Waals surface area contributed by atoms with Gasteiger partial charge in [0.25, 0.3) is 0 Å². The summed E-state index contributed by atoms with van der Waals surface area (Å²) in [7, 11) is 0. The largest absolute Gasteiger partial charge is 0.394 e. The number of aliphatic hydroxyl groups is 5. The zero-order chi connectivity index (χ0) is 14.4. The minimum absolute atomic E-state index is 0.155. The lowest BCUT2D eigenvalue weighted by atomic mass is 10.0.